The molecule has 0 radical (unpaired) electrons. The number of carbonyl (C=O) groups is 2. The second-order valence-electron chi connectivity index (χ2n) is 5.96. The summed E-state index contributed by atoms with van der Waals surface area (Å²) in [6.45, 7) is 0.622. The van der Waals surface area contributed by atoms with Crippen LogP contribution in [0.25, 0.3) is 5.69 Å². The van der Waals surface area contributed by atoms with Crippen molar-refractivity contribution in [3.63, 3.8) is 0 Å². The summed E-state index contributed by atoms with van der Waals surface area (Å²) in [5.74, 6) is -1.12. The number of likely N-dealkylation sites (tertiary alicyclic amines) is 1. The molecule has 24 heavy (non-hydrogen) atoms. The maximum absolute atomic E-state index is 12.9. The van der Waals surface area contributed by atoms with Gasteiger partial charge in [-0.1, -0.05) is 12.1 Å². The summed E-state index contributed by atoms with van der Waals surface area (Å²) >= 11 is 0. The highest BCUT2D eigenvalue weighted by Gasteiger charge is 2.46. The van der Waals surface area contributed by atoms with Crippen LogP contribution in [0.2, 0.25) is 0 Å². The smallest absolute Gasteiger partial charge is 0.313 e. The van der Waals surface area contributed by atoms with Crippen LogP contribution in [0.5, 0.6) is 0 Å². The second-order valence-corrected chi connectivity index (χ2v) is 5.96. The Morgan fingerprint density at radius 3 is 2.79 bits per heavy atom. The Hall–Kier alpha value is -2.67. The Kier molecular flexibility index (Phi) is 4.35. The van der Waals surface area contributed by atoms with Gasteiger partial charge in [0, 0.05) is 32.6 Å². The number of ether oxygens (including phenoxy) is 1. The molecule has 1 fully saturated rings. The number of rotatable bonds is 5. The molecule has 1 amide bonds. The summed E-state index contributed by atoms with van der Waals surface area (Å²) in [5.41, 5.74) is 0.136. The van der Waals surface area contributed by atoms with E-state index in [9.17, 15) is 14.7 Å². The lowest BCUT2D eigenvalue weighted by atomic mass is 9.88. The third-order valence-electron chi connectivity index (χ3n) is 4.40. The first-order valence-corrected chi connectivity index (χ1v) is 7.68. The zero-order valence-corrected chi connectivity index (χ0v) is 13.4. The van der Waals surface area contributed by atoms with E-state index in [0.29, 0.717) is 24.2 Å². The number of hydrogen-bond acceptors (Lipinski definition) is 4. The molecule has 1 saturated heterocycles. The molecule has 1 atom stereocenters. The van der Waals surface area contributed by atoms with Crippen molar-refractivity contribution in [1.82, 2.24) is 14.7 Å². The van der Waals surface area contributed by atoms with Gasteiger partial charge in [0.05, 0.1) is 17.9 Å². The molecule has 0 aliphatic carbocycles. The van der Waals surface area contributed by atoms with Crippen LogP contribution < -0.4 is 0 Å². The number of methoxy groups -OCH3 is 1. The van der Waals surface area contributed by atoms with Gasteiger partial charge in [-0.05, 0) is 24.6 Å². The lowest BCUT2D eigenvalue weighted by Crippen LogP contribution is -2.40. The molecule has 1 N–H and O–H groups in total. The van der Waals surface area contributed by atoms with Crippen molar-refractivity contribution in [2.45, 2.75) is 6.42 Å². The average molecular weight is 329 g/mol. The van der Waals surface area contributed by atoms with Gasteiger partial charge in [0.1, 0.15) is 5.41 Å². The van der Waals surface area contributed by atoms with Crippen LogP contribution in [0.3, 0.4) is 0 Å². The average Bonchev–Trinajstić information content (AvgIpc) is 3.25. The standard InChI is InChI=1S/C17H19N3O4/c1-24-12-17(16(22)23)7-10-19(11-17)15(21)13-5-2-3-6-14(13)20-9-4-8-18-20/h2-6,8-9H,7,10-12H2,1H3,(H,22,23). The monoisotopic (exact) mass is 329 g/mol. The van der Waals surface area contributed by atoms with E-state index in [1.165, 1.54) is 7.11 Å². The Labute approximate surface area is 139 Å². The highest BCUT2D eigenvalue weighted by Crippen LogP contribution is 2.32. The predicted molar refractivity (Wildman–Crippen MR) is 86.0 cm³/mol. The van der Waals surface area contributed by atoms with E-state index in [1.54, 1.807) is 40.2 Å². The molecule has 0 bridgehead atoms. The minimum absolute atomic E-state index is 0.0902. The summed E-state index contributed by atoms with van der Waals surface area (Å²) in [5, 5.41) is 13.7. The molecule has 1 unspecified atom stereocenters. The molecule has 2 heterocycles. The van der Waals surface area contributed by atoms with Gasteiger partial charge in [-0.25, -0.2) is 4.68 Å². The number of amides is 1. The summed E-state index contributed by atoms with van der Waals surface area (Å²) in [6, 6.07) is 8.96. The SMILES string of the molecule is COCC1(C(=O)O)CCN(C(=O)c2ccccc2-n2cccn2)C1. The fourth-order valence-corrected chi connectivity index (χ4v) is 3.11. The molecule has 126 valence electrons. The fraction of sp³-hybridized carbons (Fsp3) is 0.353. The van der Waals surface area contributed by atoms with Gasteiger partial charge >= 0.3 is 5.97 Å². The molecule has 1 aliphatic heterocycles. The Morgan fingerprint density at radius 1 is 1.33 bits per heavy atom. The highest BCUT2D eigenvalue weighted by atomic mass is 16.5. The quantitative estimate of drug-likeness (QED) is 0.897. The normalized spacial score (nSPS) is 20.3. The third kappa shape index (κ3) is 2.78. The predicted octanol–water partition coefficient (Wildman–Crippen LogP) is 1.44. The minimum Gasteiger partial charge on any atom is -0.481 e. The van der Waals surface area contributed by atoms with E-state index in [1.807, 2.05) is 12.1 Å². The molecule has 1 aromatic heterocycles. The third-order valence-corrected chi connectivity index (χ3v) is 4.40. The first-order valence-electron chi connectivity index (χ1n) is 7.68. The number of carboxylic acid groups (broad SMARTS) is 1. The molecular formula is C17H19N3O4. The number of benzene rings is 1. The van der Waals surface area contributed by atoms with E-state index in [2.05, 4.69) is 5.10 Å². The zero-order chi connectivity index (χ0) is 17.2. The molecule has 0 saturated carbocycles. The molecular weight excluding hydrogens is 310 g/mol. The number of carbonyl (C=O) groups excluding carboxylic acids is 1. The first-order chi connectivity index (χ1) is 11.6. The number of aliphatic carboxylic acids is 1. The van der Waals surface area contributed by atoms with Crippen molar-refractivity contribution in [2.24, 2.45) is 5.41 Å². The van der Waals surface area contributed by atoms with E-state index >= 15 is 0 Å². The Bertz CT molecular complexity index is 744. The molecule has 1 aliphatic rings. The van der Waals surface area contributed by atoms with E-state index in [4.69, 9.17) is 4.74 Å². The van der Waals surface area contributed by atoms with Gasteiger partial charge < -0.3 is 14.7 Å². The molecule has 7 nitrogen and oxygen atoms in total. The molecule has 0 spiro atoms. The van der Waals surface area contributed by atoms with Crippen LogP contribution in [0.15, 0.2) is 42.7 Å². The topological polar surface area (TPSA) is 84.7 Å². The van der Waals surface area contributed by atoms with Crippen LogP contribution in [0, 0.1) is 5.41 Å². The lowest BCUT2D eigenvalue weighted by molar-refractivity contribution is -0.151. The fourth-order valence-electron chi connectivity index (χ4n) is 3.11. The summed E-state index contributed by atoms with van der Waals surface area (Å²) in [6.07, 6.45) is 3.79. The number of nitrogens with zero attached hydrogens (tertiary/aromatic N) is 3. The molecule has 7 heteroatoms. The van der Waals surface area contributed by atoms with E-state index in [0.717, 1.165) is 0 Å². The lowest BCUT2D eigenvalue weighted by Gasteiger charge is -2.24. The van der Waals surface area contributed by atoms with Gasteiger partial charge in [0.2, 0.25) is 0 Å². The maximum atomic E-state index is 12.9. The van der Waals surface area contributed by atoms with Crippen LogP contribution in [0.4, 0.5) is 0 Å². The number of carboxylic acids is 1. The van der Waals surface area contributed by atoms with Gasteiger partial charge in [-0.2, -0.15) is 5.10 Å². The first kappa shape index (κ1) is 16.2. The summed E-state index contributed by atoms with van der Waals surface area (Å²) < 4.78 is 6.70. The Balaban J connectivity index is 1.88. The largest absolute Gasteiger partial charge is 0.481 e. The summed E-state index contributed by atoms with van der Waals surface area (Å²) in [7, 11) is 1.47. The van der Waals surface area contributed by atoms with Gasteiger partial charge in [-0.15, -0.1) is 0 Å². The van der Waals surface area contributed by atoms with Crippen molar-refractivity contribution in [3.8, 4) is 5.69 Å². The van der Waals surface area contributed by atoms with Gasteiger partial charge in [0.25, 0.3) is 5.91 Å². The molecule has 3 rings (SSSR count). The van der Waals surface area contributed by atoms with Gasteiger partial charge in [0.15, 0.2) is 0 Å². The van der Waals surface area contributed by atoms with Crippen molar-refractivity contribution in [3.05, 3.63) is 48.3 Å². The molecule has 2 aromatic rings. The molecule has 1 aromatic carbocycles. The van der Waals surface area contributed by atoms with Crippen molar-refractivity contribution >= 4 is 11.9 Å². The Morgan fingerprint density at radius 2 is 2.12 bits per heavy atom. The summed E-state index contributed by atoms with van der Waals surface area (Å²) in [4.78, 5) is 26.1. The minimum atomic E-state index is -1.04. The highest BCUT2D eigenvalue weighted by molar-refractivity contribution is 5.98. The zero-order valence-electron chi connectivity index (χ0n) is 13.4. The van der Waals surface area contributed by atoms with Crippen LogP contribution in [-0.4, -0.2) is 58.5 Å². The van der Waals surface area contributed by atoms with E-state index < -0.39 is 11.4 Å². The van der Waals surface area contributed by atoms with Crippen molar-refractivity contribution in [2.75, 3.05) is 26.8 Å². The van der Waals surface area contributed by atoms with Crippen LogP contribution in [-0.2, 0) is 9.53 Å². The number of para-hydroxylation sites is 1. The number of hydrogen-bond donors (Lipinski definition) is 1. The van der Waals surface area contributed by atoms with Crippen LogP contribution >= 0.6 is 0 Å². The van der Waals surface area contributed by atoms with Crippen molar-refractivity contribution < 1.29 is 19.4 Å². The maximum Gasteiger partial charge on any atom is 0.313 e. The number of aromatic nitrogens is 2. The van der Waals surface area contributed by atoms with Crippen LogP contribution in [0.1, 0.15) is 16.8 Å². The second kappa shape index (κ2) is 6.45. The van der Waals surface area contributed by atoms with Gasteiger partial charge in [-0.3, -0.25) is 9.59 Å². The van der Waals surface area contributed by atoms with E-state index in [-0.39, 0.29) is 19.1 Å². The van der Waals surface area contributed by atoms with Crippen molar-refractivity contribution in [1.29, 1.82) is 0 Å².